The summed E-state index contributed by atoms with van der Waals surface area (Å²) in [6, 6.07) is 12.6. The van der Waals surface area contributed by atoms with Crippen molar-refractivity contribution in [1.82, 2.24) is 9.97 Å². The van der Waals surface area contributed by atoms with Crippen LogP contribution in [0.1, 0.15) is 12.5 Å². The third kappa shape index (κ3) is 4.01. The minimum Gasteiger partial charge on any atom is -0.489 e. The number of aliphatic hydroxyl groups excluding tert-OH is 2. The van der Waals surface area contributed by atoms with Gasteiger partial charge in [-0.2, -0.15) is 0 Å². The van der Waals surface area contributed by atoms with E-state index >= 15 is 0 Å². The maximum atomic E-state index is 12.4. The fourth-order valence-corrected chi connectivity index (χ4v) is 4.51. The molecule has 2 aromatic carbocycles. The average molecular weight is 441 g/mol. The number of ether oxygens (including phenoxy) is 1. The van der Waals surface area contributed by atoms with Gasteiger partial charge in [-0.1, -0.05) is 19.1 Å². The maximum Gasteiger partial charge on any atom is 0.178 e. The van der Waals surface area contributed by atoms with E-state index in [0.29, 0.717) is 16.9 Å². The molecule has 1 atom stereocenters. The van der Waals surface area contributed by atoms with Crippen LogP contribution in [0.4, 0.5) is 0 Å². The number of aryl methyl sites for hydroxylation is 1. The molecule has 0 aliphatic heterocycles. The van der Waals surface area contributed by atoms with Crippen LogP contribution in [0, 0.1) is 6.92 Å². The number of nitrogens with one attached hydrogen (secondary N) is 1. The monoisotopic (exact) mass is 440 g/mol. The zero-order valence-corrected chi connectivity index (χ0v) is 18.1. The fourth-order valence-electron chi connectivity index (χ4n) is 3.59. The van der Waals surface area contributed by atoms with Crippen molar-refractivity contribution in [3.05, 3.63) is 54.2 Å². The number of fused-ring (bicyclic) bond motifs is 3. The molecule has 0 aliphatic carbocycles. The number of benzene rings is 2. The molecule has 0 unspecified atom stereocenters. The number of aromatic nitrogens is 2. The number of sulfone groups is 1. The van der Waals surface area contributed by atoms with Gasteiger partial charge in [0.05, 0.1) is 22.8 Å². The van der Waals surface area contributed by atoms with Crippen LogP contribution >= 0.6 is 0 Å². The van der Waals surface area contributed by atoms with Crippen LogP contribution in [0.5, 0.6) is 5.75 Å². The molecule has 0 bridgehead atoms. The van der Waals surface area contributed by atoms with Gasteiger partial charge in [-0.05, 0) is 53.9 Å². The van der Waals surface area contributed by atoms with Gasteiger partial charge in [0.25, 0.3) is 0 Å². The van der Waals surface area contributed by atoms with Gasteiger partial charge in [0.2, 0.25) is 0 Å². The van der Waals surface area contributed by atoms with Crippen LogP contribution in [-0.2, 0) is 9.84 Å². The summed E-state index contributed by atoms with van der Waals surface area (Å²) >= 11 is 0. The van der Waals surface area contributed by atoms with Gasteiger partial charge in [0, 0.05) is 17.0 Å². The van der Waals surface area contributed by atoms with Crippen molar-refractivity contribution in [3.8, 4) is 16.9 Å². The third-order valence-electron chi connectivity index (χ3n) is 5.23. The minimum atomic E-state index is -3.34. The maximum absolute atomic E-state index is 12.4. The molecule has 0 spiro atoms. The Morgan fingerprint density at radius 3 is 2.74 bits per heavy atom. The van der Waals surface area contributed by atoms with Gasteiger partial charge < -0.3 is 19.9 Å². The smallest absolute Gasteiger partial charge is 0.178 e. The zero-order valence-electron chi connectivity index (χ0n) is 17.3. The summed E-state index contributed by atoms with van der Waals surface area (Å²) in [6.07, 6.45) is 0.775. The number of H-pyrrole nitrogens is 1. The summed E-state index contributed by atoms with van der Waals surface area (Å²) < 4.78 is 30.6. The van der Waals surface area contributed by atoms with E-state index in [1.54, 1.807) is 37.4 Å². The highest BCUT2D eigenvalue weighted by Gasteiger charge is 2.18. The third-order valence-corrected chi connectivity index (χ3v) is 6.96. The molecule has 8 heteroatoms. The van der Waals surface area contributed by atoms with E-state index in [-0.39, 0.29) is 17.3 Å². The van der Waals surface area contributed by atoms with Gasteiger partial charge in [0.15, 0.2) is 9.84 Å². The second-order valence-corrected chi connectivity index (χ2v) is 9.75. The van der Waals surface area contributed by atoms with Gasteiger partial charge >= 0.3 is 0 Å². The average Bonchev–Trinajstić information content (AvgIpc) is 3.16. The Morgan fingerprint density at radius 2 is 2.00 bits per heavy atom. The molecular weight excluding hydrogens is 416 g/mol. The van der Waals surface area contributed by atoms with Crippen molar-refractivity contribution < 1.29 is 23.4 Å². The van der Waals surface area contributed by atoms with Crippen LogP contribution in [-0.4, -0.2) is 53.7 Å². The van der Waals surface area contributed by atoms with E-state index in [1.165, 1.54) is 0 Å². The predicted octanol–water partition coefficient (Wildman–Crippen LogP) is 3.22. The van der Waals surface area contributed by atoms with Crippen molar-refractivity contribution in [2.75, 3.05) is 19.0 Å². The second-order valence-electron chi connectivity index (χ2n) is 7.47. The van der Waals surface area contributed by atoms with Gasteiger partial charge in [0.1, 0.15) is 24.1 Å². The molecule has 0 saturated heterocycles. The minimum absolute atomic E-state index is 0.0298. The summed E-state index contributed by atoms with van der Waals surface area (Å²) in [7, 11) is -3.34. The SMILES string of the molecule is CCS(=O)(=O)c1cccc(-c2ccc(OC[C@@H](O)CO)c3[nH]c4ncc(C)cc4c23)c1. The highest BCUT2D eigenvalue weighted by atomic mass is 32.2. The molecule has 0 aliphatic rings. The van der Waals surface area contributed by atoms with E-state index in [9.17, 15) is 13.5 Å². The highest BCUT2D eigenvalue weighted by Crippen LogP contribution is 2.39. The lowest BCUT2D eigenvalue weighted by Gasteiger charge is -2.13. The largest absolute Gasteiger partial charge is 0.489 e. The Bertz CT molecular complexity index is 1360. The highest BCUT2D eigenvalue weighted by molar-refractivity contribution is 7.91. The molecule has 3 N–H and O–H groups in total. The van der Waals surface area contributed by atoms with Gasteiger partial charge in [-0.15, -0.1) is 0 Å². The number of nitrogens with zero attached hydrogens (tertiary/aromatic N) is 1. The summed E-state index contributed by atoms with van der Waals surface area (Å²) in [5.41, 5.74) is 3.97. The molecule has 4 aromatic rings. The first kappa shape index (κ1) is 21.3. The molecule has 0 fully saturated rings. The Balaban J connectivity index is 1.95. The first-order chi connectivity index (χ1) is 14.8. The molecule has 0 amide bonds. The van der Waals surface area contributed by atoms with E-state index in [2.05, 4.69) is 9.97 Å². The molecule has 7 nitrogen and oxygen atoms in total. The first-order valence-electron chi connectivity index (χ1n) is 10.00. The quantitative estimate of drug-likeness (QED) is 0.407. The fraction of sp³-hybridized carbons (Fsp3) is 0.261. The zero-order chi connectivity index (χ0) is 22.2. The standard InChI is InChI=1S/C23H24N2O5S/c1-3-31(28,29)17-6-4-5-15(10-17)18-7-8-20(30-13-16(27)12-26)22-21(18)19-9-14(2)11-24-23(19)25-22/h4-11,16,26-27H,3,12-13H2,1-2H3,(H,24,25)/t16-/m0/s1. The molecule has 31 heavy (non-hydrogen) atoms. The van der Waals surface area contributed by atoms with E-state index in [0.717, 1.165) is 27.5 Å². The van der Waals surface area contributed by atoms with Crippen molar-refractivity contribution in [2.24, 2.45) is 0 Å². The van der Waals surface area contributed by atoms with E-state index in [4.69, 9.17) is 9.84 Å². The van der Waals surface area contributed by atoms with Crippen molar-refractivity contribution in [2.45, 2.75) is 24.8 Å². The van der Waals surface area contributed by atoms with E-state index < -0.39 is 22.5 Å². The number of rotatable bonds is 7. The van der Waals surface area contributed by atoms with Crippen molar-refractivity contribution in [3.63, 3.8) is 0 Å². The molecule has 2 aromatic heterocycles. The summed E-state index contributed by atoms with van der Waals surface area (Å²) in [5.74, 6) is 0.543. The number of aliphatic hydroxyl groups is 2. The Morgan fingerprint density at radius 1 is 1.19 bits per heavy atom. The summed E-state index contributed by atoms with van der Waals surface area (Å²) in [5, 5.41) is 20.5. The normalized spacial score (nSPS) is 13.0. The lowest BCUT2D eigenvalue weighted by Crippen LogP contribution is -2.21. The van der Waals surface area contributed by atoms with Crippen molar-refractivity contribution >= 4 is 31.8 Å². The van der Waals surface area contributed by atoms with Crippen LogP contribution < -0.4 is 4.74 Å². The van der Waals surface area contributed by atoms with Crippen LogP contribution in [0.2, 0.25) is 0 Å². The summed E-state index contributed by atoms with van der Waals surface area (Å²) in [6.45, 7) is 3.13. The van der Waals surface area contributed by atoms with Gasteiger partial charge in [-0.25, -0.2) is 13.4 Å². The Labute approximate surface area is 180 Å². The topological polar surface area (TPSA) is 113 Å². The molecular formula is C23H24N2O5S. The van der Waals surface area contributed by atoms with Crippen LogP contribution in [0.15, 0.2) is 53.6 Å². The Kier molecular flexibility index (Phi) is 5.70. The molecule has 4 rings (SSSR count). The number of hydrogen-bond donors (Lipinski definition) is 3. The predicted molar refractivity (Wildman–Crippen MR) is 120 cm³/mol. The number of aromatic amines is 1. The molecule has 0 saturated carbocycles. The van der Waals surface area contributed by atoms with Crippen molar-refractivity contribution in [1.29, 1.82) is 0 Å². The van der Waals surface area contributed by atoms with E-state index in [1.807, 2.05) is 25.1 Å². The molecule has 162 valence electrons. The van der Waals surface area contributed by atoms with Gasteiger partial charge in [-0.3, -0.25) is 0 Å². The molecule has 2 heterocycles. The van der Waals surface area contributed by atoms with Crippen LogP contribution in [0.3, 0.4) is 0 Å². The first-order valence-corrected chi connectivity index (χ1v) is 11.6. The van der Waals surface area contributed by atoms with Crippen LogP contribution in [0.25, 0.3) is 33.1 Å². The Hall–Kier alpha value is -2.94. The lowest BCUT2D eigenvalue weighted by atomic mass is 9.99. The summed E-state index contributed by atoms with van der Waals surface area (Å²) in [4.78, 5) is 8.04. The number of pyridine rings is 1. The molecule has 0 radical (unpaired) electrons. The lowest BCUT2D eigenvalue weighted by molar-refractivity contribution is 0.0540. The number of hydrogen-bond acceptors (Lipinski definition) is 6. The second kappa shape index (κ2) is 8.30.